The second kappa shape index (κ2) is 4.92. The van der Waals surface area contributed by atoms with E-state index in [4.69, 9.17) is 10.5 Å². The average Bonchev–Trinajstić information content (AvgIpc) is 2.27. The number of rotatable bonds is 5. The molecule has 17 heavy (non-hydrogen) atoms. The molecular formula is C15H21NO. The molecule has 1 aromatic carbocycles. The molecule has 2 nitrogen and oxygen atoms in total. The molecule has 92 valence electrons. The zero-order valence-electron chi connectivity index (χ0n) is 10.5. The maximum atomic E-state index is 5.89. The quantitative estimate of drug-likeness (QED) is 0.791. The Labute approximate surface area is 103 Å². The lowest BCUT2D eigenvalue weighted by molar-refractivity contribution is 0.252. The minimum absolute atomic E-state index is 0.243. The summed E-state index contributed by atoms with van der Waals surface area (Å²) in [4.78, 5) is 0. The van der Waals surface area contributed by atoms with E-state index >= 15 is 0 Å². The van der Waals surface area contributed by atoms with Gasteiger partial charge in [0.05, 0.1) is 0 Å². The predicted molar refractivity (Wildman–Crippen MR) is 71.3 cm³/mol. The topological polar surface area (TPSA) is 35.2 Å². The summed E-state index contributed by atoms with van der Waals surface area (Å²) in [7, 11) is 0. The maximum Gasteiger partial charge on any atom is 0.119 e. The Morgan fingerprint density at radius 1 is 1.35 bits per heavy atom. The van der Waals surface area contributed by atoms with Crippen molar-refractivity contribution in [3.05, 3.63) is 42.0 Å². The zero-order valence-corrected chi connectivity index (χ0v) is 10.5. The summed E-state index contributed by atoms with van der Waals surface area (Å²) in [5, 5.41) is 0. The third-order valence-corrected chi connectivity index (χ3v) is 3.65. The highest BCUT2D eigenvalue weighted by molar-refractivity contribution is 5.34. The molecule has 1 aromatic rings. The predicted octanol–water partition coefficient (Wildman–Crippen LogP) is 3.02. The summed E-state index contributed by atoms with van der Waals surface area (Å²) in [5.41, 5.74) is 8.53. The molecule has 2 rings (SSSR count). The molecule has 1 saturated carbocycles. The standard InChI is InChI=1S/C15H21NO/c1-12(2)10-17-14-6-4-13(5-7-14)15(11-16)8-3-9-15/h4-7H,1,3,8-11,16H2,2H3. The van der Waals surface area contributed by atoms with Crippen LogP contribution in [0, 0.1) is 0 Å². The number of ether oxygens (including phenoxy) is 1. The molecule has 0 unspecified atom stereocenters. The molecule has 0 amide bonds. The van der Waals surface area contributed by atoms with Gasteiger partial charge in [0, 0.05) is 12.0 Å². The van der Waals surface area contributed by atoms with Crippen LogP contribution in [0.5, 0.6) is 5.75 Å². The monoisotopic (exact) mass is 231 g/mol. The Morgan fingerprint density at radius 2 is 2.00 bits per heavy atom. The van der Waals surface area contributed by atoms with Gasteiger partial charge in [-0.3, -0.25) is 0 Å². The van der Waals surface area contributed by atoms with E-state index in [1.165, 1.54) is 24.8 Å². The SMILES string of the molecule is C=C(C)COc1ccc(C2(CN)CCC2)cc1. The minimum atomic E-state index is 0.243. The van der Waals surface area contributed by atoms with E-state index in [-0.39, 0.29) is 5.41 Å². The molecule has 0 aliphatic heterocycles. The van der Waals surface area contributed by atoms with Crippen LogP contribution in [-0.2, 0) is 5.41 Å². The van der Waals surface area contributed by atoms with Crippen molar-refractivity contribution in [2.24, 2.45) is 5.73 Å². The fraction of sp³-hybridized carbons (Fsp3) is 0.467. The summed E-state index contributed by atoms with van der Waals surface area (Å²) >= 11 is 0. The molecule has 0 spiro atoms. The lowest BCUT2D eigenvalue weighted by Gasteiger charge is -2.41. The van der Waals surface area contributed by atoms with E-state index in [1.54, 1.807) is 0 Å². The number of hydrogen-bond acceptors (Lipinski definition) is 2. The third-order valence-electron chi connectivity index (χ3n) is 3.65. The molecule has 0 radical (unpaired) electrons. The van der Waals surface area contributed by atoms with Crippen molar-refractivity contribution in [3.63, 3.8) is 0 Å². The van der Waals surface area contributed by atoms with E-state index in [0.717, 1.165) is 17.9 Å². The van der Waals surface area contributed by atoms with E-state index in [1.807, 2.05) is 19.1 Å². The molecule has 0 saturated heterocycles. The average molecular weight is 231 g/mol. The van der Waals surface area contributed by atoms with E-state index in [2.05, 4.69) is 18.7 Å². The van der Waals surface area contributed by atoms with Crippen molar-refractivity contribution in [2.75, 3.05) is 13.2 Å². The van der Waals surface area contributed by atoms with E-state index in [0.29, 0.717) is 6.61 Å². The highest BCUT2D eigenvalue weighted by Gasteiger charge is 2.36. The Hall–Kier alpha value is -1.28. The summed E-state index contributed by atoms with van der Waals surface area (Å²) in [6.45, 7) is 7.12. The van der Waals surface area contributed by atoms with Gasteiger partial charge in [-0.2, -0.15) is 0 Å². The van der Waals surface area contributed by atoms with Gasteiger partial charge in [-0.15, -0.1) is 0 Å². The largest absolute Gasteiger partial charge is 0.489 e. The van der Waals surface area contributed by atoms with Gasteiger partial charge in [0.15, 0.2) is 0 Å². The van der Waals surface area contributed by atoms with Gasteiger partial charge in [0.2, 0.25) is 0 Å². The lowest BCUT2D eigenvalue weighted by Crippen LogP contribution is -2.41. The molecule has 0 atom stereocenters. The van der Waals surface area contributed by atoms with Crippen LogP contribution in [0.1, 0.15) is 31.7 Å². The minimum Gasteiger partial charge on any atom is -0.489 e. The second-order valence-electron chi connectivity index (χ2n) is 5.11. The summed E-state index contributed by atoms with van der Waals surface area (Å²) < 4.78 is 5.59. The van der Waals surface area contributed by atoms with Crippen molar-refractivity contribution in [3.8, 4) is 5.75 Å². The maximum absolute atomic E-state index is 5.89. The first-order valence-electron chi connectivity index (χ1n) is 6.24. The van der Waals surface area contributed by atoms with Gasteiger partial charge in [-0.1, -0.05) is 25.1 Å². The summed E-state index contributed by atoms with van der Waals surface area (Å²) in [6.07, 6.45) is 3.73. The van der Waals surface area contributed by atoms with E-state index in [9.17, 15) is 0 Å². The molecule has 1 aliphatic rings. The molecule has 2 N–H and O–H groups in total. The lowest BCUT2D eigenvalue weighted by atomic mass is 9.64. The van der Waals surface area contributed by atoms with Gasteiger partial charge < -0.3 is 10.5 Å². The first-order chi connectivity index (χ1) is 8.16. The molecule has 0 bridgehead atoms. The van der Waals surface area contributed by atoms with Gasteiger partial charge in [-0.05, 0) is 43.0 Å². The Balaban J connectivity index is 2.05. The van der Waals surface area contributed by atoms with Crippen LogP contribution in [0.4, 0.5) is 0 Å². The number of benzene rings is 1. The fourth-order valence-corrected chi connectivity index (χ4v) is 2.33. The highest BCUT2D eigenvalue weighted by Crippen LogP contribution is 2.43. The molecule has 0 aromatic heterocycles. The smallest absolute Gasteiger partial charge is 0.119 e. The molecule has 1 fully saturated rings. The van der Waals surface area contributed by atoms with Crippen LogP contribution in [0.3, 0.4) is 0 Å². The van der Waals surface area contributed by atoms with E-state index < -0.39 is 0 Å². The van der Waals surface area contributed by atoms with Gasteiger partial charge in [-0.25, -0.2) is 0 Å². The number of hydrogen-bond donors (Lipinski definition) is 1. The number of nitrogens with two attached hydrogens (primary N) is 1. The molecule has 0 heterocycles. The summed E-state index contributed by atoms with van der Waals surface area (Å²) in [6, 6.07) is 8.38. The molecule has 1 aliphatic carbocycles. The first kappa shape index (κ1) is 12.2. The normalized spacial score (nSPS) is 17.3. The van der Waals surface area contributed by atoms with Crippen molar-refractivity contribution in [1.82, 2.24) is 0 Å². The first-order valence-corrected chi connectivity index (χ1v) is 6.24. The van der Waals surface area contributed by atoms with Crippen molar-refractivity contribution < 1.29 is 4.74 Å². The van der Waals surface area contributed by atoms with Crippen LogP contribution in [0.25, 0.3) is 0 Å². The van der Waals surface area contributed by atoms with Gasteiger partial charge >= 0.3 is 0 Å². The van der Waals surface area contributed by atoms with Crippen molar-refractivity contribution in [1.29, 1.82) is 0 Å². The van der Waals surface area contributed by atoms with Crippen LogP contribution < -0.4 is 10.5 Å². The van der Waals surface area contributed by atoms with Crippen molar-refractivity contribution in [2.45, 2.75) is 31.6 Å². The third kappa shape index (κ3) is 2.52. The second-order valence-corrected chi connectivity index (χ2v) is 5.11. The highest BCUT2D eigenvalue weighted by atomic mass is 16.5. The Kier molecular flexibility index (Phi) is 3.53. The van der Waals surface area contributed by atoms with Gasteiger partial charge in [0.1, 0.15) is 12.4 Å². The Bertz CT molecular complexity index is 384. The van der Waals surface area contributed by atoms with Crippen molar-refractivity contribution >= 4 is 0 Å². The molecular weight excluding hydrogens is 210 g/mol. The van der Waals surface area contributed by atoms with Gasteiger partial charge in [0.25, 0.3) is 0 Å². The fourth-order valence-electron chi connectivity index (χ4n) is 2.33. The van der Waals surface area contributed by atoms with Crippen LogP contribution >= 0.6 is 0 Å². The van der Waals surface area contributed by atoms with Crippen LogP contribution in [0.2, 0.25) is 0 Å². The van der Waals surface area contributed by atoms with Crippen LogP contribution in [0.15, 0.2) is 36.4 Å². The zero-order chi connectivity index (χ0) is 12.3. The molecule has 2 heteroatoms. The summed E-state index contributed by atoms with van der Waals surface area (Å²) in [5.74, 6) is 0.906. The Morgan fingerprint density at radius 3 is 2.41 bits per heavy atom. The van der Waals surface area contributed by atoms with Crippen LogP contribution in [-0.4, -0.2) is 13.2 Å².